The lowest BCUT2D eigenvalue weighted by Gasteiger charge is -2.30. The monoisotopic (exact) mass is 324 g/mol. The molecule has 0 spiro atoms. The standard InChI is InChI=1S/C20H24N2O2/c1-16(17-7-3-2-4-8-17)15-20(23)21-18-9-5-6-10-19(18)22-11-13-24-14-12-22/h2-10,16H,11-15H2,1H3,(H,21,23). The first-order valence-electron chi connectivity index (χ1n) is 8.50. The maximum Gasteiger partial charge on any atom is 0.225 e. The van der Waals surface area contributed by atoms with Crippen molar-refractivity contribution < 1.29 is 9.53 Å². The summed E-state index contributed by atoms with van der Waals surface area (Å²) in [6.07, 6.45) is 0.474. The second kappa shape index (κ2) is 7.97. The first-order valence-corrected chi connectivity index (χ1v) is 8.50. The number of anilines is 2. The molecule has 0 aromatic heterocycles. The van der Waals surface area contributed by atoms with Crippen molar-refractivity contribution in [2.24, 2.45) is 0 Å². The lowest BCUT2D eigenvalue weighted by Crippen LogP contribution is -2.36. The van der Waals surface area contributed by atoms with Gasteiger partial charge >= 0.3 is 0 Å². The Hall–Kier alpha value is -2.33. The average molecular weight is 324 g/mol. The summed E-state index contributed by atoms with van der Waals surface area (Å²) >= 11 is 0. The van der Waals surface area contributed by atoms with Gasteiger partial charge in [-0.2, -0.15) is 0 Å². The second-order valence-corrected chi connectivity index (χ2v) is 6.18. The number of amides is 1. The molecule has 1 N–H and O–H groups in total. The molecule has 0 bridgehead atoms. The van der Waals surface area contributed by atoms with E-state index in [0.717, 1.165) is 37.7 Å². The summed E-state index contributed by atoms with van der Waals surface area (Å²) in [4.78, 5) is 14.7. The number of carbonyl (C=O) groups is 1. The van der Waals surface area contributed by atoms with Crippen LogP contribution in [0.25, 0.3) is 0 Å². The highest BCUT2D eigenvalue weighted by molar-refractivity contribution is 5.94. The van der Waals surface area contributed by atoms with Crippen molar-refractivity contribution in [3.05, 3.63) is 60.2 Å². The fourth-order valence-corrected chi connectivity index (χ4v) is 3.04. The molecule has 1 atom stereocenters. The predicted octanol–water partition coefficient (Wildman–Crippen LogP) is 3.66. The van der Waals surface area contributed by atoms with E-state index in [4.69, 9.17) is 4.74 Å². The quantitative estimate of drug-likeness (QED) is 0.912. The fraction of sp³-hybridized carbons (Fsp3) is 0.350. The van der Waals surface area contributed by atoms with Crippen molar-refractivity contribution in [1.82, 2.24) is 0 Å². The number of carbonyl (C=O) groups excluding carboxylic acids is 1. The van der Waals surface area contributed by atoms with Gasteiger partial charge in [0.25, 0.3) is 0 Å². The maximum absolute atomic E-state index is 12.5. The molecule has 126 valence electrons. The first kappa shape index (κ1) is 16.5. The number of nitrogens with zero attached hydrogens (tertiary/aromatic N) is 1. The minimum atomic E-state index is 0.0482. The molecule has 1 fully saturated rings. The normalized spacial score (nSPS) is 15.8. The molecule has 24 heavy (non-hydrogen) atoms. The summed E-state index contributed by atoms with van der Waals surface area (Å²) in [7, 11) is 0. The molecule has 0 radical (unpaired) electrons. The van der Waals surface area contributed by atoms with Crippen LogP contribution < -0.4 is 10.2 Å². The number of hydrogen-bond donors (Lipinski definition) is 1. The van der Waals surface area contributed by atoms with Gasteiger partial charge in [-0.3, -0.25) is 4.79 Å². The Morgan fingerprint density at radius 3 is 2.50 bits per heavy atom. The molecule has 3 rings (SSSR count). The van der Waals surface area contributed by atoms with Crippen LogP contribution in [0.1, 0.15) is 24.8 Å². The lowest BCUT2D eigenvalue weighted by molar-refractivity contribution is -0.116. The van der Waals surface area contributed by atoms with E-state index in [1.165, 1.54) is 5.56 Å². The number of nitrogens with one attached hydrogen (secondary N) is 1. The van der Waals surface area contributed by atoms with E-state index in [-0.39, 0.29) is 11.8 Å². The molecule has 1 aliphatic heterocycles. The number of benzene rings is 2. The number of hydrogen-bond acceptors (Lipinski definition) is 3. The number of ether oxygens (including phenoxy) is 1. The van der Waals surface area contributed by atoms with Gasteiger partial charge in [0.2, 0.25) is 5.91 Å². The van der Waals surface area contributed by atoms with Crippen LogP contribution in [0.15, 0.2) is 54.6 Å². The largest absolute Gasteiger partial charge is 0.378 e. The van der Waals surface area contributed by atoms with Crippen molar-refractivity contribution in [3.63, 3.8) is 0 Å². The highest BCUT2D eigenvalue weighted by Gasteiger charge is 2.17. The van der Waals surface area contributed by atoms with Crippen molar-refractivity contribution in [1.29, 1.82) is 0 Å². The Labute approximate surface area is 143 Å². The van der Waals surface area contributed by atoms with Crippen LogP contribution in [0, 0.1) is 0 Å². The Bertz CT molecular complexity index is 666. The summed E-state index contributed by atoms with van der Waals surface area (Å²) < 4.78 is 5.41. The zero-order valence-corrected chi connectivity index (χ0v) is 14.1. The Kier molecular flexibility index (Phi) is 5.49. The molecule has 0 saturated carbocycles. The van der Waals surface area contributed by atoms with Crippen molar-refractivity contribution in [2.75, 3.05) is 36.5 Å². The summed E-state index contributed by atoms with van der Waals surface area (Å²) in [6, 6.07) is 18.1. The molecule has 1 aliphatic rings. The molecule has 0 aliphatic carbocycles. The molecule has 1 saturated heterocycles. The van der Waals surface area contributed by atoms with E-state index < -0.39 is 0 Å². The van der Waals surface area contributed by atoms with Gasteiger partial charge in [0.15, 0.2) is 0 Å². The van der Waals surface area contributed by atoms with Crippen LogP contribution in [0.5, 0.6) is 0 Å². The zero-order valence-electron chi connectivity index (χ0n) is 14.1. The Morgan fingerprint density at radius 1 is 1.08 bits per heavy atom. The third-order valence-corrected chi connectivity index (χ3v) is 4.39. The summed E-state index contributed by atoms with van der Waals surface area (Å²) in [5.41, 5.74) is 3.14. The molecular formula is C20H24N2O2. The van der Waals surface area contributed by atoms with Gasteiger partial charge in [0, 0.05) is 19.5 Å². The minimum Gasteiger partial charge on any atom is -0.378 e. The van der Waals surface area contributed by atoms with Gasteiger partial charge in [0.1, 0.15) is 0 Å². The highest BCUT2D eigenvalue weighted by atomic mass is 16.5. The average Bonchev–Trinajstić information content (AvgIpc) is 2.63. The Morgan fingerprint density at radius 2 is 1.75 bits per heavy atom. The topological polar surface area (TPSA) is 41.6 Å². The molecule has 1 heterocycles. The smallest absolute Gasteiger partial charge is 0.225 e. The minimum absolute atomic E-state index is 0.0482. The van der Waals surface area contributed by atoms with Gasteiger partial charge in [-0.1, -0.05) is 49.4 Å². The van der Waals surface area contributed by atoms with E-state index in [1.54, 1.807) is 0 Å². The molecule has 4 nitrogen and oxygen atoms in total. The lowest BCUT2D eigenvalue weighted by atomic mass is 9.97. The fourth-order valence-electron chi connectivity index (χ4n) is 3.04. The number of rotatable bonds is 5. The number of morpholine rings is 1. The van der Waals surface area contributed by atoms with E-state index in [1.807, 2.05) is 36.4 Å². The third-order valence-electron chi connectivity index (χ3n) is 4.39. The van der Waals surface area contributed by atoms with Crippen LogP contribution in [0.2, 0.25) is 0 Å². The molecule has 2 aromatic carbocycles. The third kappa shape index (κ3) is 4.15. The van der Waals surface area contributed by atoms with Gasteiger partial charge in [0.05, 0.1) is 24.6 Å². The van der Waals surface area contributed by atoms with E-state index in [0.29, 0.717) is 6.42 Å². The van der Waals surface area contributed by atoms with E-state index in [9.17, 15) is 4.79 Å². The molecule has 1 amide bonds. The van der Waals surface area contributed by atoms with Crippen molar-refractivity contribution in [2.45, 2.75) is 19.3 Å². The van der Waals surface area contributed by atoms with Gasteiger partial charge in [-0.25, -0.2) is 0 Å². The van der Waals surface area contributed by atoms with Crippen LogP contribution in [-0.4, -0.2) is 32.2 Å². The Balaban J connectivity index is 1.66. The van der Waals surface area contributed by atoms with Crippen molar-refractivity contribution in [3.8, 4) is 0 Å². The summed E-state index contributed by atoms with van der Waals surface area (Å²) in [6.45, 7) is 5.25. The van der Waals surface area contributed by atoms with Gasteiger partial charge in [-0.15, -0.1) is 0 Å². The molecule has 4 heteroatoms. The molecule has 2 aromatic rings. The van der Waals surface area contributed by atoms with E-state index >= 15 is 0 Å². The molecule has 1 unspecified atom stereocenters. The van der Waals surface area contributed by atoms with Crippen LogP contribution in [0.4, 0.5) is 11.4 Å². The van der Waals surface area contributed by atoms with Crippen LogP contribution in [-0.2, 0) is 9.53 Å². The van der Waals surface area contributed by atoms with Gasteiger partial charge in [-0.05, 0) is 23.6 Å². The summed E-state index contributed by atoms with van der Waals surface area (Å²) in [5.74, 6) is 0.244. The summed E-state index contributed by atoms with van der Waals surface area (Å²) in [5, 5.41) is 3.09. The second-order valence-electron chi connectivity index (χ2n) is 6.18. The number of para-hydroxylation sites is 2. The maximum atomic E-state index is 12.5. The molecular weight excluding hydrogens is 300 g/mol. The predicted molar refractivity (Wildman–Crippen MR) is 97.6 cm³/mol. The van der Waals surface area contributed by atoms with Crippen LogP contribution >= 0.6 is 0 Å². The zero-order chi connectivity index (χ0) is 16.8. The first-order chi connectivity index (χ1) is 11.7. The SMILES string of the molecule is CC(CC(=O)Nc1ccccc1N1CCOCC1)c1ccccc1. The van der Waals surface area contributed by atoms with Gasteiger partial charge < -0.3 is 15.0 Å². The van der Waals surface area contributed by atoms with Crippen molar-refractivity contribution >= 4 is 17.3 Å². The van der Waals surface area contributed by atoms with E-state index in [2.05, 4.69) is 35.3 Å². The van der Waals surface area contributed by atoms with Crippen LogP contribution in [0.3, 0.4) is 0 Å². The highest BCUT2D eigenvalue weighted by Crippen LogP contribution is 2.27.